The normalized spacial score (nSPS) is 11.9. The lowest BCUT2D eigenvalue weighted by Gasteiger charge is -2.13. The van der Waals surface area contributed by atoms with Gasteiger partial charge in [-0.3, -0.25) is 19.4 Å². The summed E-state index contributed by atoms with van der Waals surface area (Å²) in [6, 6.07) is 0. The number of aromatic amines is 1. The van der Waals surface area contributed by atoms with Crippen molar-refractivity contribution in [2.45, 2.75) is 12.3 Å². The van der Waals surface area contributed by atoms with Crippen LogP contribution in [0, 0.1) is 0 Å². The predicted molar refractivity (Wildman–Crippen MR) is 45.6 cm³/mol. The highest BCUT2D eigenvalue weighted by atomic mass is 19.3. The van der Waals surface area contributed by atoms with Crippen LogP contribution in [-0.4, -0.2) is 28.0 Å². The largest absolute Gasteiger partial charge is 0.383 e. The molecule has 0 fully saturated rings. The Morgan fingerprint density at radius 2 is 2.12 bits per heavy atom. The molecule has 0 atom stereocenters. The van der Waals surface area contributed by atoms with E-state index in [0.29, 0.717) is 0 Å². The first kappa shape index (κ1) is 12.3. The third-order valence-electron chi connectivity index (χ3n) is 1.67. The number of hydrogen-bond acceptors (Lipinski definition) is 2. The number of amides is 1. The number of aromatic nitrogens is 2. The Morgan fingerprint density at radius 3 is 2.50 bits per heavy atom. The predicted octanol–water partition coefficient (Wildman–Crippen LogP) is 0.552. The van der Waals surface area contributed by atoms with Crippen molar-refractivity contribution in [3.8, 4) is 0 Å². The molecule has 0 saturated heterocycles. The lowest BCUT2D eigenvalue weighted by molar-refractivity contribution is -0.163. The van der Waals surface area contributed by atoms with E-state index in [2.05, 4.69) is 5.10 Å². The average Bonchev–Trinajstić information content (AvgIpc) is 2.44. The van der Waals surface area contributed by atoms with Crippen LogP contribution in [0.3, 0.4) is 0 Å². The topological polar surface area (TPSA) is 66.9 Å². The summed E-state index contributed by atoms with van der Waals surface area (Å²) in [5.74, 6) is -7.05. The molecule has 1 aromatic rings. The summed E-state index contributed by atoms with van der Waals surface area (Å²) in [6.07, 6.45) is -3.14. The van der Waals surface area contributed by atoms with E-state index in [1.807, 2.05) is 0 Å². The molecule has 0 saturated carbocycles. The number of anilines is 1. The smallest absolute Gasteiger partial charge is 0.315 e. The summed E-state index contributed by atoms with van der Waals surface area (Å²) in [7, 11) is 1.36. The van der Waals surface area contributed by atoms with Gasteiger partial charge in [-0.05, 0) is 0 Å². The van der Waals surface area contributed by atoms with E-state index in [1.165, 1.54) is 12.4 Å². The first-order valence-corrected chi connectivity index (χ1v) is 3.98. The number of nitrogens with one attached hydrogen (secondary N) is 2. The van der Waals surface area contributed by atoms with Crippen LogP contribution >= 0.6 is 0 Å². The van der Waals surface area contributed by atoms with E-state index < -0.39 is 29.5 Å². The van der Waals surface area contributed by atoms with Gasteiger partial charge in [-0.1, -0.05) is 0 Å². The van der Waals surface area contributed by atoms with Crippen LogP contribution in [0.15, 0.2) is 11.0 Å². The highest BCUT2D eigenvalue weighted by Gasteiger charge is 2.49. The van der Waals surface area contributed by atoms with Gasteiger partial charge in [0, 0.05) is 7.05 Å². The zero-order valence-electron chi connectivity index (χ0n) is 7.93. The minimum Gasteiger partial charge on any atom is -0.315 e. The molecule has 0 unspecified atom stereocenters. The number of carbonyl (C=O) groups is 1. The first-order valence-electron chi connectivity index (χ1n) is 3.98. The highest BCUT2D eigenvalue weighted by Crippen LogP contribution is 2.23. The van der Waals surface area contributed by atoms with E-state index >= 15 is 0 Å². The number of nitrogens with zero attached hydrogens (tertiary/aromatic N) is 1. The van der Waals surface area contributed by atoms with Gasteiger partial charge in [-0.25, -0.2) is 8.78 Å². The molecule has 5 nitrogen and oxygen atoms in total. The van der Waals surface area contributed by atoms with Crippen molar-refractivity contribution in [3.63, 3.8) is 0 Å². The quantitative estimate of drug-likeness (QED) is 0.759. The van der Waals surface area contributed by atoms with Gasteiger partial charge in [0.25, 0.3) is 5.56 Å². The molecule has 0 bridgehead atoms. The van der Waals surface area contributed by atoms with Crippen molar-refractivity contribution in [3.05, 3.63) is 16.6 Å². The van der Waals surface area contributed by atoms with Gasteiger partial charge in [-0.15, -0.1) is 0 Å². The molecule has 0 aliphatic carbocycles. The molecule has 0 aliphatic heterocycles. The summed E-state index contributed by atoms with van der Waals surface area (Å²) >= 11 is 0. The van der Waals surface area contributed by atoms with Crippen LogP contribution in [0.2, 0.25) is 0 Å². The number of rotatable bonds is 3. The molecular weight excluding hydrogens is 234 g/mol. The van der Waals surface area contributed by atoms with Gasteiger partial charge in [0.1, 0.15) is 5.69 Å². The molecule has 1 aromatic heterocycles. The summed E-state index contributed by atoms with van der Waals surface area (Å²) in [5.41, 5.74) is -1.38. The average molecular weight is 241 g/mol. The Hall–Kier alpha value is -1.80. The zero-order chi connectivity index (χ0) is 12.5. The number of hydrogen-bond donors (Lipinski definition) is 2. The molecule has 1 rings (SSSR count). The fourth-order valence-corrected chi connectivity index (χ4v) is 0.899. The fourth-order valence-electron chi connectivity index (χ4n) is 0.899. The fraction of sp³-hybridized carbons (Fsp3) is 0.429. The van der Waals surface area contributed by atoms with Gasteiger partial charge >= 0.3 is 18.3 Å². The van der Waals surface area contributed by atoms with Gasteiger partial charge in [0.2, 0.25) is 0 Å². The van der Waals surface area contributed by atoms with Crippen LogP contribution in [0.1, 0.15) is 0 Å². The molecule has 2 N–H and O–H groups in total. The second-order valence-electron chi connectivity index (χ2n) is 2.97. The monoisotopic (exact) mass is 241 g/mol. The van der Waals surface area contributed by atoms with E-state index in [0.717, 1.165) is 10.9 Å². The van der Waals surface area contributed by atoms with Crippen molar-refractivity contribution in [2.24, 2.45) is 7.05 Å². The number of H-pyrrole nitrogens is 1. The molecule has 9 heteroatoms. The zero-order valence-corrected chi connectivity index (χ0v) is 7.93. The van der Waals surface area contributed by atoms with E-state index in [9.17, 15) is 27.2 Å². The van der Waals surface area contributed by atoms with Crippen LogP contribution in [0.5, 0.6) is 0 Å². The van der Waals surface area contributed by atoms with Gasteiger partial charge < -0.3 is 5.32 Å². The lowest BCUT2D eigenvalue weighted by atomic mass is 10.3. The number of alkyl halides is 4. The van der Waals surface area contributed by atoms with Crippen LogP contribution in [-0.2, 0) is 11.8 Å². The molecule has 0 radical (unpaired) electrons. The molecule has 0 aromatic carbocycles. The van der Waals surface area contributed by atoms with Crippen LogP contribution < -0.4 is 10.9 Å². The van der Waals surface area contributed by atoms with E-state index in [4.69, 9.17) is 0 Å². The Kier molecular flexibility index (Phi) is 3.06. The second-order valence-corrected chi connectivity index (χ2v) is 2.97. The number of aryl methyl sites for hydroxylation is 1. The maximum absolute atomic E-state index is 12.5. The summed E-state index contributed by atoms with van der Waals surface area (Å²) in [5, 5.41) is 3.53. The molecule has 1 heterocycles. The molecular formula is C7H7F4N3O2. The Labute approximate surface area is 86.0 Å². The van der Waals surface area contributed by atoms with Gasteiger partial charge in [0.15, 0.2) is 0 Å². The number of carbonyl (C=O) groups excluding carboxylic acids is 1. The van der Waals surface area contributed by atoms with Crippen molar-refractivity contribution in [1.29, 1.82) is 0 Å². The molecule has 16 heavy (non-hydrogen) atoms. The second kappa shape index (κ2) is 3.99. The molecule has 0 aliphatic rings. The maximum atomic E-state index is 12.5. The van der Waals surface area contributed by atoms with Gasteiger partial charge in [-0.2, -0.15) is 8.78 Å². The van der Waals surface area contributed by atoms with Crippen LogP contribution in [0.4, 0.5) is 23.2 Å². The van der Waals surface area contributed by atoms with Gasteiger partial charge in [0.05, 0.1) is 6.20 Å². The standard InChI is InChI=1S/C7H7F4N3O2/c1-14-2-3(4(15)13-14)12-6(16)7(10,11)5(8)9/h2,5H,1H3,(H,12,16)(H,13,15). The SMILES string of the molecule is Cn1cc(NC(=O)C(F)(F)C(F)F)c(=O)[nH]1. The molecule has 0 spiro atoms. The third kappa shape index (κ3) is 2.23. The molecule has 1 amide bonds. The Morgan fingerprint density at radius 1 is 1.56 bits per heavy atom. The van der Waals surface area contributed by atoms with E-state index in [-0.39, 0.29) is 0 Å². The van der Waals surface area contributed by atoms with Crippen molar-refractivity contribution in [2.75, 3.05) is 5.32 Å². The summed E-state index contributed by atoms with van der Waals surface area (Å²) in [4.78, 5) is 21.7. The minimum atomic E-state index is -4.83. The lowest BCUT2D eigenvalue weighted by Crippen LogP contribution is -2.41. The number of halogens is 4. The Balaban J connectivity index is 2.87. The van der Waals surface area contributed by atoms with Crippen molar-refractivity contribution >= 4 is 11.6 Å². The summed E-state index contributed by atoms with van der Waals surface area (Å²) in [6.45, 7) is 0. The van der Waals surface area contributed by atoms with E-state index in [1.54, 1.807) is 0 Å². The Bertz CT molecular complexity index is 451. The molecule has 90 valence electrons. The minimum absolute atomic E-state index is 0.521. The summed E-state index contributed by atoms with van der Waals surface area (Å²) < 4.78 is 49.6. The first-order chi connectivity index (χ1) is 7.25. The van der Waals surface area contributed by atoms with Crippen LogP contribution in [0.25, 0.3) is 0 Å². The van der Waals surface area contributed by atoms with Crippen molar-refractivity contribution in [1.82, 2.24) is 9.78 Å². The maximum Gasteiger partial charge on any atom is 0.383 e. The van der Waals surface area contributed by atoms with Crippen molar-refractivity contribution < 1.29 is 22.4 Å². The third-order valence-corrected chi connectivity index (χ3v) is 1.67. The highest BCUT2D eigenvalue weighted by molar-refractivity contribution is 5.96.